The van der Waals surface area contributed by atoms with Crippen molar-refractivity contribution in [2.75, 3.05) is 13.2 Å². The van der Waals surface area contributed by atoms with E-state index in [2.05, 4.69) is 38.2 Å². The lowest BCUT2D eigenvalue weighted by molar-refractivity contribution is -0.305. The average Bonchev–Trinajstić information content (AvgIpc) is 3.46. The van der Waals surface area contributed by atoms with Gasteiger partial charge < -0.3 is 45.1 Å². The molecule has 1 saturated heterocycles. The van der Waals surface area contributed by atoms with Gasteiger partial charge in [0.2, 0.25) is 5.91 Å². The summed E-state index contributed by atoms with van der Waals surface area (Å²) < 4.78 is 17.6. The highest BCUT2D eigenvalue weighted by molar-refractivity contribution is 5.80. The second-order valence-electron chi connectivity index (χ2n) is 23.6. The van der Waals surface area contributed by atoms with Crippen molar-refractivity contribution >= 4 is 11.9 Å². The van der Waals surface area contributed by atoms with Crippen LogP contribution in [0.3, 0.4) is 0 Å². The van der Waals surface area contributed by atoms with Crippen LogP contribution in [0.5, 0.6) is 0 Å². The Morgan fingerprint density at radius 1 is 0.487 bits per heavy atom. The van der Waals surface area contributed by atoms with E-state index in [4.69, 9.17) is 14.2 Å². The van der Waals surface area contributed by atoms with E-state index in [1.807, 2.05) is 6.08 Å². The van der Waals surface area contributed by atoms with Gasteiger partial charge in [-0.15, -0.1) is 0 Å². The topological polar surface area (TPSA) is 175 Å². The van der Waals surface area contributed by atoms with Crippen molar-refractivity contribution in [2.24, 2.45) is 0 Å². The molecule has 6 N–H and O–H groups in total. The lowest BCUT2D eigenvalue weighted by Crippen LogP contribution is -2.61. The van der Waals surface area contributed by atoms with E-state index in [1.165, 1.54) is 212 Å². The lowest BCUT2D eigenvalue weighted by Gasteiger charge is -2.41. The maximum atomic E-state index is 13.4. The van der Waals surface area contributed by atoms with E-state index in [0.717, 1.165) is 70.6 Å². The summed E-state index contributed by atoms with van der Waals surface area (Å²) in [5.41, 5.74) is 0. The number of ether oxygens (including phenoxy) is 3. The first-order valence-corrected chi connectivity index (χ1v) is 33.6. The third kappa shape index (κ3) is 42.9. The molecule has 0 aromatic heterocycles. The number of hydrogen-bond acceptors (Lipinski definition) is 10. The van der Waals surface area contributed by atoms with Gasteiger partial charge >= 0.3 is 5.97 Å². The van der Waals surface area contributed by atoms with Crippen molar-refractivity contribution in [3.8, 4) is 0 Å². The molecule has 0 saturated carbocycles. The third-order valence-corrected chi connectivity index (χ3v) is 16.1. The maximum absolute atomic E-state index is 13.4. The number of unbranched alkanes of at least 4 members (excludes halogenated alkanes) is 42. The fraction of sp³-hybridized carbons (Fsp3) is 0.910. The normalized spacial score (nSPS) is 19.0. The van der Waals surface area contributed by atoms with E-state index < -0.39 is 67.4 Å². The highest BCUT2D eigenvalue weighted by atomic mass is 16.7. The van der Waals surface area contributed by atoms with Crippen LogP contribution in [0.15, 0.2) is 24.3 Å². The number of hydrogen-bond donors (Lipinski definition) is 6. The van der Waals surface area contributed by atoms with Crippen LogP contribution < -0.4 is 5.32 Å². The van der Waals surface area contributed by atoms with Crippen molar-refractivity contribution in [3.05, 3.63) is 24.3 Å². The fourth-order valence-corrected chi connectivity index (χ4v) is 10.8. The van der Waals surface area contributed by atoms with Crippen molar-refractivity contribution in [1.29, 1.82) is 0 Å². The van der Waals surface area contributed by atoms with Gasteiger partial charge in [0.15, 0.2) is 12.4 Å². The second-order valence-corrected chi connectivity index (χ2v) is 23.6. The first-order chi connectivity index (χ1) is 38.2. The largest absolute Gasteiger partial charge is 0.454 e. The Labute approximate surface area is 480 Å². The van der Waals surface area contributed by atoms with Crippen LogP contribution in [-0.2, 0) is 23.8 Å². The Kier molecular flexibility index (Phi) is 52.9. The highest BCUT2D eigenvalue weighted by Gasteiger charge is 2.47. The predicted octanol–water partition coefficient (Wildman–Crippen LogP) is 16.5. The van der Waals surface area contributed by atoms with Crippen molar-refractivity contribution in [2.45, 2.75) is 378 Å². The Hall–Kier alpha value is -1.86. The van der Waals surface area contributed by atoms with E-state index in [0.29, 0.717) is 12.8 Å². The molecule has 0 aromatic carbocycles. The summed E-state index contributed by atoms with van der Waals surface area (Å²) in [5, 5.41) is 56.9. The van der Waals surface area contributed by atoms with Gasteiger partial charge in [0.05, 0.1) is 25.4 Å². The van der Waals surface area contributed by atoms with Gasteiger partial charge in [0.1, 0.15) is 24.4 Å². The number of nitrogens with one attached hydrogen (secondary N) is 1. The summed E-state index contributed by atoms with van der Waals surface area (Å²) >= 11 is 0. The number of rotatable bonds is 58. The zero-order valence-corrected chi connectivity index (χ0v) is 51.1. The van der Waals surface area contributed by atoms with Crippen molar-refractivity contribution in [1.82, 2.24) is 5.32 Å². The number of esters is 1. The summed E-state index contributed by atoms with van der Waals surface area (Å²) in [4.78, 5) is 26.5. The van der Waals surface area contributed by atoms with Crippen LogP contribution in [0.25, 0.3) is 0 Å². The van der Waals surface area contributed by atoms with Crippen LogP contribution in [0.2, 0.25) is 0 Å². The molecule has 1 amide bonds. The van der Waals surface area contributed by atoms with Crippen LogP contribution in [0.4, 0.5) is 0 Å². The molecule has 8 unspecified atom stereocenters. The first kappa shape index (κ1) is 74.2. The molecular weight excluding hydrogens is 979 g/mol. The predicted molar refractivity (Wildman–Crippen MR) is 324 cm³/mol. The second kappa shape index (κ2) is 55.7. The van der Waals surface area contributed by atoms with Gasteiger partial charge in [-0.1, -0.05) is 302 Å². The molecule has 11 heteroatoms. The Balaban J connectivity index is 2.49. The molecule has 8 atom stereocenters. The molecule has 0 spiro atoms. The minimum absolute atomic E-state index is 0.129. The quantitative estimate of drug-likeness (QED) is 0.0195. The summed E-state index contributed by atoms with van der Waals surface area (Å²) in [6, 6.07) is -1.02. The van der Waals surface area contributed by atoms with Crippen LogP contribution in [0.1, 0.15) is 329 Å². The molecule has 1 heterocycles. The standard InChI is InChI=1S/C67H127NO10/c1-4-7-10-13-16-19-22-24-25-26-27-28-29-30-31-32-33-34-35-36-37-38-40-43-46-49-52-55-62(72)78-65-64(74)63(73)61(56-69)77-67(65)76-57-58(59(70)53-50-47-44-42-39-23-20-17-14-11-8-5-2)68-66(75)60(71)54-51-48-45-41-21-18-15-12-9-6-3/h15,18,50,53,58-61,63-65,67,69-71,73-74H,4-14,16-17,19-49,51-52,54-57H2,1-3H3,(H,68,75)/b18-15-,53-50+. The average molecular weight is 1110 g/mol. The number of allylic oxidation sites excluding steroid dienone is 3. The SMILES string of the molecule is CCCC/C=C\CCCCCCC(O)C(=O)NC(COC1OC(CO)C(O)C(O)C1OC(=O)CCCCCCCCCCCCCCCCCCCCCCCCCCCCC)C(O)/C=C/CCCCCCCCCCCC. The maximum Gasteiger partial charge on any atom is 0.306 e. The molecule has 11 nitrogen and oxygen atoms in total. The van der Waals surface area contributed by atoms with Crippen LogP contribution in [-0.4, -0.2) is 99.6 Å². The van der Waals surface area contributed by atoms with Gasteiger partial charge in [0, 0.05) is 6.42 Å². The van der Waals surface area contributed by atoms with E-state index in [9.17, 15) is 35.1 Å². The molecule has 1 rings (SSSR count). The van der Waals surface area contributed by atoms with Crippen molar-refractivity contribution in [3.63, 3.8) is 0 Å². The van der Waals surface area contributed by atoms with Gasteiger partial charge in [-0.2, -0.15) is 0 Å². The molecule has 460 valence electrons. The molecule has 0 aromatic rings. The van der Waals surface area contributed by atoms with Gasteiger partial charge in [-0.25, -0.2) is 0 Å². The first-order valence-electron chi connectivity index (χ1n) is 33.6. The number of amides is 1. The zero-order valence-electron chi connectivity index (χ0n) is 51.1. The van der Waals surface area contributed by atoms with Gasteiger partial charge in [0.25, 0.3) is 0 Å². The lowest BCUT2D eigenvalue weighted by atomic mass is 9.99. The number of carbonyl (C=O) groups is 2. The molecule has 0 bridgehead atoms. The van der Waals surface area contributed by atoms with Gasteiger partial charge in [-0.05, 0) is 44.9 Å². The minimum atomic E-state index is -1.61. The van der Waals surface area contributed by atoms with Gasteiger partial charge in [-0.3, -0.25) is 9.59 Å². The summed E-state index contributed by atoms with van der Waals surface area (Å²) in [5.74, 6) is -1.19. The summed E-state index contributed by atoms with van der Waals surface area (Å²) in [6.45, 7) is 5.77. The van der Waals surface area contributed by atoms with E-state index in [1.54, 1.807) is 6.08 Å². The third-order valence-electron chi connectivity index (χ3n) is 16.1. The molecular formula is C67H127NO10. The minimum Gasteiger partial charge on any atom is -0.454 e. The molecule has 0 radical (unpaired) electrons. The number of aliphatic hydroxyl groups is 5. The molecule has 1 fully saturated rings. The van der Waals surface area contributed by atoms with Crippen LogP contribution in [0, 0.1) is 0 Å². The summed E-state index contributed by atoms with van der Waals surface area (Å²) in [7, 11) is 0. The van der Waals surface area contributed by atoms with Crippen molar-refractivity contribution < 1.29 is 49.3 Å². The molecule has 1 aliphatic heterocycles. The zero-order chi connectivity index (χ0) is 56.8. The molecule has 0 aliphatic carbocycles. The smallest absolute Gasteiger partial charge is 0.306 e. The van der Waals surface area contributed by atoms with E-state index >= 15 is 0 Å². The fourth-order valence-electron chi connectivity index (χ4n) is 10.8. The molecule has 78 heavy (non-hydrogen) atoms. The Morgan fingerprint density at radius 2 is 0.859 bits per heavy atom. The monoisotopic (exact) mass is 1110 g/mol. The Bertz CT molecular complexity index is 1360. The van der Waals surface area contributed by atoms with E-state index in [-0.39, 0.29) is 19.4 Å². The van der Waals surface area contributed by atoms with Crippen LogP contribution >= 0.6 is 0 Å². The number of carbonyl (C=O) groups excluding carboxylic acids is 2. The molecule has 1 aliphatic rings. The highest BCUT2D eigenvalue weighted by Crippen LogP contribution is 2.26. The summed E-state index contributed by atoms with van der Waals surface area (Å²) in [6.07, 6.45) is 55.4. The Morgan fingerprint density at radius 3 is 1.28 bits per heavy atom. The number of aliphatic hydroxyl groups excluding tert-OH is 5.